The van der Waals surface area contributed by atoms with Crippen molar-refractivity contribution in [3.05, 3.63) is 0 Å². The van der Waals surface area contributed by atoms with E-state index in [9.17, 15) is 75.7 Å². The van der Waals surface area contributed by atoms with E-state index in [1.54, 1.807) is 0 Å². The zero-order valence-electron chi connectivity index (χ0n) is 27.6. The molecule has 52 heavy (non-hydrogen) atoms. The molecule has 0 spiro atoms. The van der Waals surface area contributed by atoms with Gasteiger partial charge in [0.1, 0.15) is 91.4 Å². The summed E-state index contributed by atoms with van der Waals surface area (Å²) in [6.45, 7) is -0.332. The lowest BCUT2D eigenvalue weighted by Crippen LogP contribution is -2.69. The van der Waals surface area contributed by atoms with Crippen LogP contribution >= 0.6 is 0 Å². The zero-order valence-corrected chi connectivity index (χ0v) is 27.6. The molecule has 2 amide bonds. The molecule has 300 valence electrons. The van der Waals surface area contributed by atoms with E-state index in [0.29, 0.717) is 0 Å². The van der Waals surface area contributed by atoms with E-state index >= 15 is 0 Å². The van der Waals surface area contributed by atoms with Gasteiger partial charge in [0.25, 0.3) is 0 Å². The molecule has 1 unspecified atom stereocenters. The van der Waals surface area contributed by atoms with Gasteiger partial charge in [-0.1, -0.05) is 0 Å². The first kappa shape index (κ1) is 42.4. The molecule has 4 aliphatic heterocycles. The van der Waals surface area contributed by atoms with Gasteiger partial charge in [-0.3, -0.25) is 9.59 Å². The Morgan fingerprint density at radius 1 is 0.558 bits per heavy atom. The number of aliphatic hydroxyl groups excluding tert-OH is 11. The van der Waals surface area contributed by atoms with Gasteiger partial charge in [-0.15, -0.1) is 0 Å². The number of nitrogens with one attached hydrogen (secondary N) is 2. The zero-order chi connectivity index (χ0) is 38.8. The molecule has 4 saturated heterocycles. The van der Waals surface area contributed by atoms with Crippen LogP contribution < -0.4 is 10.6 Å². The summed E-state index contributed by atoms with van der Waals surface area (Å²) in [6.07, 6.45) is -33.5. The highest BCUT2D eigenvalue weighted by Crippen LogP contribution is 2.33. The largest absolute Gasteiger partial charge is 0.479 e. The van der Waals surface area contributed by atoms with Gasteiger partial charge in [0.05, 0.1) is 19.8 Å². The van der Waals surface area contributed by atoms with Gasteiger partial charge in [-0.05, 0) is 0 Å². The SMILES string of the molecule is CC(=O)N[C@H]1[C@H](OC[C@H]2OC(O)[C@H](NC(C)=O)[C@@H](O)[C@H]2O)O[C@H](CO)[C@@H](O[C@@H]2O[C@H](CO)[C@H](O)[C@H](O[C@@H]3O[C@H](C(=O)O)[C@@H](O)[C@H](O)[C@H]3O)[C@H]2O)[C@@H]1O. The summed E-state index contributed by atoms with van der Waals surface area (Å²) >= 11 is 0. The van der Waals surface area contributed by atoms with Crippen LogP contribution in [-0.4, -0.2) is 222 Å². The summed E-state index contributed by atoms with van der Waals surface area (Å²) in [5.41, 5.74) is 0. The predicted molar refractivity (Wildman–Crippen MR) is 158 cm³/mol. The molecule has 0 aliphatic carbocycles. The van der Waals surface area contributed by atoms with Crippen molar-refractivity contribution < 1.29 is 109 Å². The Kier molecular flexibility index (Phi) is 14.6. The Labute approximate surface area is 293 Å². The Morgan fingerprint density at radius 2 is 1.12 bits per heavy atom. The third-order valence-electron chi connectivity index (χ3n) is 8.96. The number of aliphatic carboxylic acids is 1. The molecule has 24 nitrogen and oxygen atoms in total. The van der Waals surface area contributed by atoms with Crippen LogP contribution in [0.2, 0.25) is 0 Å². The first-order valence-electron chi connectivity index (χ1n) is 16.1. The first-order chi connectivity index (χ1) is 24.4. The second-order valence-corrected chi connectivity index (χ2v) is 12.7. The second-order valence-electron chi connectivity index (χ2n) is 12.7. The summed E-state index contributed by atoms with van der Waals surface area (Å²) < 4.78 is 38.4. The average molecular weight is 763 g/mol. The molecule has 0 aromatic heterocycles. The van der Waals surface area contributed by atoms with Gasteiger partial charge in [-0.25, -0.2) is 4.79 Å². The molecule has 0 aromatic rings. The molecular weight excluding hydrogens is 716 g/mol. The number of carbonyl (C=O) groups excluding carboxylic acids is 2. The monoisotopic (exact) mass is 762 g/mol. The lowest BCUT2D eigenvalue weighted by atomic mass is 9.94. The molecule has 14 N–H and O–H groups in total. The molecule has 0 aromatic carbocycles. The van der Waals surface area contributed by atoms with E-state index in [4.69, 9.17) is 33.2 Å². The van der Waals surface area contributed by atoms with Crippen LogP contribution in [0.1, 0.15) is 13.8 Å². The quantitative estimate of drug-likeness (QED) is 0.0877. The Bertz CT molecular complexity index is 1220. The second kappa shape index (κ2) is 17.9. The van der Waals surface area contributed by atoms with Gasteiger partial charge in [0, 0.05) is 13.8 Å². The summed E-state index contributed by atoms with van der Waals surface area (Å²) in [6, 6.07) is -2.93. The minimum atomic E-state index is -2.11. The van der Waals surface area contributed by atoms with E-state index in [-0.39, 0.29) is 0 Å². The summed E-state index contributed by atoms with van der Waals surface area (Å²) in [5.74, 6) is -3.11. The van der Waals surface area contributed by atoms with E-state index in [1.165, 1.54) is 0 Å². The van der Waals surface area contributed by atoms with Crippen molar-refractivity contribution in [2.75, 3.05) is 19.8 Å². The van der Waals surface area contributed by atoms with Crippen LogP contribution in [-0.2, 0) is 47.5 Å². The maximum atomic E-state index is 12.1. The summed E-state index contributed by atoms with van der Waals surface area (Å²) in [7, 11) is 0. The van der Waals surface area contributed by atoms with Crippen molar-refractivity contribution in [2.45, 2.75) is 137 Å². The number of carbonyl (C=O) groups is 3. The number of hydrogen-bond donors (Lipinski definition) is 14. The van der Waals surface area contributed by atoms with Crippen molar-refractivity contribution in [3.8, 4) is 0 Å². The lowest BCUT2D eigenvalue weighted by molar-refractivity contribution is -0.374. The number of amides is 2. The first-order valence-corrected chi connectivity index (χ1v) is 16.1. The van der Waals surface area contributed by atoms with Crippen LogP contribution in [0.15, 0.2) is 0 Å². The van der Waals surface area contributed by atoms with Gasteiger partial charge in [0.15, 0.2) is 31.3 Å². The van der Waals surface area contributed by atoms with Crippen LogP contribution in [0.4, 0.5) is 0 Å². The van der Waals surface area contributed by atoms with E-state index < -0.39 is 160 Å². The van der Waals surface area contributed by atoms with Crippen LogP contribution in [0, 0.1) is 0 Å². The smallest absolute Gasteiger partial charge is 0.335 e. The van der Waals surface area contributed by atoms with Crippen LogP contribution in [0.5, 0.6) is 0 Å². The fourth-order valence-corrected chi connectivity index (χ4v) is 6.23. The number of carboxylic acid groups (broad SMARTS) is 1. The third-order valence-corrected chi connectivity index (χ3v) is 8.96. The predicted octanol–water partition coefficient (Wildman–Crippen LogP) is -9.37. The number of hydrogen-bond acceptors (Lipinski definition) is 21. The molecule has 4 rings (SSSR count). The maximum absolute atomic E-state index is 12.1. The molecule has 0 bridgehead atoms. The van der Waals surface area contributed by atoms with Crippen molar-refractivity contribution in [1.29, 1.82) is 0 Å². The van der Waals surface area contributed by atoms with E-state index in [0.717, 1.165) is 13.8 Å². The van der Waals surface area contributed by atoms with Gasteiger partial charge < -0.3 is 105 Å². The standard InChI is InChI=1S/C28H46N2O22/c1-6(33)29-11-15(37)13(35)10(47-25(11)45)5-46-26-12(30-7(2)34)16(38)21(9(4-32)49-26)50-28-20(42)22(14(36)8(3-31)48-28)51-27-19(41)17(39)18(40)23(52-27)24(43)44/h8-23,25-28,31-32,35-42,45H,3-5H2,1-2H3,(H,29,33)(H,30,34)(H,43,44)/t8-,9-,10-,11-,12-,13+,14+,15-,16-,17+,18+,19-,20-,21-,22+,23+,25?,26-,27-,28+/m1/s1. The molecular formula is C28H46N2O22. The van der Waals surface area contributed by atoms with Crippen LogP contribution in [0.3, 0.4) is 0 Å². The highest BCUT2D eigenvalue weighted by molar-refractivity contribution is 5.74. The fourth-order valence-electron chi connectivity index (χ4n) is 6.23. The van der Waals surface area contributed by atoms with Crippen molar-refractivity contribution in [2.24, 2.45) is 0 Å². The molecule has 4 fully saturated rings. The van der Waals surface area contributed by atoms with E-state index in [1.807, 2.05) is 0 Å². The maximum Gasteiger partial charge on any atom is 0.335 e. The topological polar surface area (TPSA) is 383 Å². The minimum absolute atomic E-state index is 0.632. The minimum Gasteiger partial charge on any atom is -0.479 e. The van der Waals surface area contributed by atoms with Gasteiger partial charge in [-0.2, -0.15) is 0 Å². The summed E-state index contributed by atoms with van der Waals surface area (Å²) in [5, 5.41) is 129. The molecule has 4 aliphatic rings. The normalized spacial score (nSPS) is 47.0. The lowest BCUT2D eigenvalue weighted by Gasteiger charge is -2.49. The number of ether oxygens (including phenoxy) is 7. The highest BCUT2D eigenvalue weighted by Gasteiger charge is 2.55. The number of rotatable bonds is 12. The summed E-state index contributed by atoms with van der Waals surface area (Å²) in [4.78, 5) is 35.1. The molecule has 24 heteroatoms. The van der Waals surface area contributed by atoms with Crippen molar-refractivity contribution in [3.63, 3.8) is 0 Å². The van der Waals surface area contributed by atoms with Gasteiger partial charge >= 0.3 is 5.97 Å². The number of aliphatic hydroxyl groups is 11. The average Bonchev–Trinajstić information content (AvgIpc) is 3.08. The molecule has 0 radical (unpaired) electrons. The fraction of sp³-hybridized carbons (Fsp3) is 0.893. The van der Waals surface area contributed by atoms with Crippen molar-refractivity contribution >= 4 is 17.8 Å². The van der Waals surface area contributed by atoms with Crippen molar-refractivity contribution in [1.82, 2.24) is 10.6 Å². The van der Waals surface area contributed by atoms with Crippen LogP contribution in [0.25, 0.3) is 0 Å². The van der Waals surface area contributed by atoms with Gasteiger partial charge in [0.2, 0.25) is 11.8 Å². The molecule has 4 heterocycles. The third kappa shape index (κ3) is 9.13. The molecule has 0 saturated carbocycles. The van der Waals surface area contributed by atoms with E-state index in [2.05, 4.69) is 10.6 Å². The Morgan fingerprint density at radius 3 is 1.69 bits per heavy atom. The Hall–Kier alpha value is -2.31. The molecule has 20 atom stereocenters. The Balaban J connectivity index is 1.50. The number of carboxylic acids is 1. The highest BCUT2D eigenvalue weighted by atomic mass is 16.8.